The first-order valence-corrected chi connectivity index (χ1v) is 20.1. The van der Waals surface area contributed by atoms with Gasteiger partial charge >= 0.3 is 0 Å². The van der Waals surface area contributed by atoms with E-state index in [0.29, 0.717) is 17.8 Å². The van der Waals surface area contributed by atoms with E-state index in [9.17, 15) is 9.59 Å². The molecule has 8 rings (SSSR count). The van der Waals surface area contributed by atoms with Gasteiger partial charge in [-0.2, -0.15) is 11.3 Å². The Labute approximate surface area is 335 Å². The first-order valence-electron chi connectivity index (χ1n) is 19.2. The van der Waals surface area contributed by atoms with Crippen LogP contribution in [-0.4, -0.2) is 55.0 Å². The molecule has 0 fully saturated rings. The molecule has 57 heavy (non-hydrogen) atoms. The molecule has 4 heterocycles. The number of amides is 2. The number of hydrogen-bond acceptors (Lipinski definition) is 7. The molecule has 0 aliphatic carbocycles. The number of thiophene rings is 1. The molecule has 4 aromatic carbocycles. The lowest BCUT2D eigenvalue weighted by atomic mass is 9.94. The van der Waals surface area contributed by atoms with E-state index in [1.165, 1.54) is 27.8 Å². The lowest BCUT2D eigenvalue weighted by molar-refractivity contribution is 0.0949. The quantitative estimate of drug-likeness (QED) is 0.135. The van der Waals surface area contributed by atoms with Crippen LogP contribution in [0, 0.1) is 20.8 Å². The Balaban J connectivity index is 1.09. The number of nitrogens with zero attached hydrogens (tertiary/aromatic N) is 6. The van der Waals surface area contributed by atoms with Crippen LogP contribution in [0.25, 0.3) is 67.2 Å². The summed E-state index contributed by atoms with van der Waals surface area (Å²) >= 11 is 1.67. The molecule has 0 bridgehead atoms. The molecule has 0 unspecified atom stereocenters. The van der Waals surface area contributed by atoms with Gasteiger partial charge in [0.15, 0.2) is 5.65 Å². The van der Waals surface area contributed by atoms with Crippen molar-refractivity contribution >= 4 is 45.3 Å². The Kier molecular flexibility index (Phi) is 10.2. The van der Waals surface area contributed by atoms with Crippen molar-refractivity contribution in [3.8, 4) is 45.0 Å². The Hall–Kier alpha value is -6.46. The predicted molar refractivity (Wildman–Crippen MR) is 230 cm³/mol. The topological polar surface area (TPSA) is 120 Å². The average Bonchev–Trinajstić information content (AvgIpc) is 3.95. The molecule has 2 N–H and O–H groups in total. The van der Waals surface area contributed by atoms with Crippen molar-refractivity contribution in [2.24, 2.45) is 0 Å². The highest BCUT2D eigenvalue weighted by atomic mass is 32.1. The number of nitrogens with one attached hydrogen (secondary N) is 2. The summed E-state index contributed by atoms with van der Waals surface area (Å²) in [7, 11) is 3.21. The van der Waals surface area contributed by atoms with Gasteiger partial charge < -0.3 is 19.8 Å². The summed E-state index contributed by atoms with van der Waals surface area (Å²) in [6.45, 7) is 9.98. The van der Waals surface area contributed by atoms with E-state index in [-0.39, 0.29) is 17.6 Å². The summed E-state index contributed by atoms with van der Waals surface area (Å²) in [4.78, 5) is 44.0. The largest absolute Gasteiger partial charge is 0.355 e. The van der Waals surface area contributed by atoms with Gasteiger partial charge in [0.2, 0.25) is 5.82 Å². The highest BCUT2D eigenvalue weighted by Crippen LogP contribution is 2.39. The van der Waals surface area contributed by atoms with Crippen molar-refractivity contribution in [3.05, 3.63) is 129 Å². The molecule has 0 aliphatic heterocycles. The van der Waals surface area contributed by atoms with Crippen molar-refractivity contribution in [2.45, 2.75) is 53.6 Å². The minimum Gasteiger partial charge on any atom is -0.355 e. The first kappa shape index (κ1) is 37.5. The molecule has 4 aromatic heterocycles. The second-order valence-electron chi connectivity index (χ2n) is 14.3. The fraction of sp³-hybridized carbons (Fsp3) is 0.217. The fourth-order valence-corrected chi connectivity index (χ4v) is 8.67. The maximum Gasteiger partial charge on any atom is 0.288 e. The minimum atomic E-state index is -0.349. The van der Waals surface area contributed by atoms with Crippen LogP contribution < -0.4 is 10.6 Å². The lowest BCUT2D eigenvalue weighted by Gasteiger charge is -2.15. The van der Waals surface area contributed by atoms with E-state index in [1.807, 2.05) is 24.3 Å². The van der Waals surface area contributed by atoms with Crippen LogP contribution in [0.5, 0.6) is 0 Å². The SMILES string of the molecule is CCn1c(-c2cscc2-c2ccc(CCCn3c(-c4ccccc4-c4ccc(C)cc4C)nc4nc(C(=O)NC)ncc43)cc2C)nc2cc(C(=O)NC)ccc21. The van der Waals surface area contributed by atoms with Crippen LogP contribution in [0.4, 0.5) is 0 Å². The second-order valence-corrected chi connectivity index (χ2v) is 15.1. The van der Waals surface area contributed by atoms with Crippen molar-refractivity contribution in [1.82, 2.24) is 39.7 Å². The number of hydrogen-bond donors (Lipinski definition) is 2. The Bertz CT molecular complexity index is 2830. The standard InChI is InChI=1S/C46H44N8O2S/c1-7-53-39-19-16-31(45(55)47-5)23-38(39)50-44(53)37-26-57-25-36(37)33-18-15-30(22-29(33)4)11-10-20-54-40-24-49-42(46(56)48-6)51-41(40)52-43(54)35-13-9-8-12-34(35)32-17-14-27(2)21-28(32)3/h8-9,12-19,21-26H,7,10-11,20H2,1-6H3,(H,47,55)(H,48,56). The summed E-state index contributed by atoms with van der Waals surface area (Å²) in [6.07, 6.45) is 3.42. The van der Waals surface area contributed by atoms with Gasteiger partial charge in [-0.05, 0) is 97.5 Å². The maximum absolute atomic E-state index is 12.5. The monoisotopic (exact) mass is 772 g/mol. The number of carbonyl (C=O) groups excluding carboxylic acids is 2. The van der Waals surface area contributed by atoms with Crippen molar-refractivity contribution < 1.29 is 9.59 Å². The highest BCUT2D eigenvalue weighted by molar-refractivity contribution is 7.08. The summed E-state index contributed by atoms with van der Waals surface area (Å²) in [5.74, 6) is 1.31. The molecule has 10 nitrogen and oxygen atoms in total. The molecule has 0 aliphatic rings. The third-order valence-electron chi connectivity index (χ3n) is 10.7. The van der Waals surface area contributed by atoms with Crippen LogP contribution in [-0.2, 0) is 19.5 Å². The van der Waals surface area contributed by atoms with Crippen LogP contribution in [0.15, 0.2) is 95.8 Å². The average molecular weight is 773 g/mol. The number of rotatable bonds is 11. The molecular formula is C46H44N8O2S. The van der Waals surface area contributed by atoms with Gasteiger partial charge in [0.25, 0.3) is 11.8 Å². The molecule has 8 aromatic rings. The van der Waals surface area contributed by atoms with Gasteiger partial charge in [0.05, 0.1) is 17.2 Å². The van der Waals surface area contributed by atoms with E-state index >= 15 is 0 Å². The number of benzene rings is 4. The van der Waals surface area contributed by atoms with E-state index in [4.69, 9.17) is 9.97 Å². The van der Waals surface area contributed by atoms with Crippen molar-refractivity contribution in [1.29, 1.82) is 0 Å². The van der Waals surface area contributed by atoms with E-state index in [0.717, 1.165) is 75.4 Å². The molecule has 0 saturated heterocycles. The second kappa shape index (κ2) is 15.6. The summed E-state index contributed by atoms with van der Waals surface area (Å²) in [6, 6.07) is 27.3. The molecule has 286 valence electrons. The number of aromatic nitrogens is 6. The zero-order valence-corrected chi connectivity index (χ0v) is 33.8. The minimum absolute atomic E-state index is 0.0929. The molecule has 0 atom stereocenters. The van der Waals surface area contributed by atoms with Crippen LogP contribution >= 0.6 is 11.3 Å². The Morgan fingerprint density at radius 3 is 2.16 bits per heavy atom. The first-order chi connectivity index (χ1) is 27.7. The van der Waals surface area contributed by atoms with Crippen LogP contribution in [0.3, 0.4) is 0 Å². The van der Waals surface area contributed by atoms with Gasteiger partial charge in [0.1, 0.15) is 17.2 Å². The summed E-state index contributed by atoms with van der Waals surface area (Å²) in [5.41, 5.74) is 15.2. The Morgan fingerprint density at radius 2 is 1.40 bits per heavy atom. The smallest absolute Gasteiger partial charge is 0.288 e. The summed E-state index contributed by atoms with van der Waals surface area (Å²) < 4.78 is 4.42. The third-order valence-corrected chi connectivity index (χ3v) is 11.4. The molecule has 11 heteroatoms. The number of fused-ring (bicyclic) bond motifs is 2. The summed E-state index contributed by atoms with van der Waals surface area (Å²) in [5, 5.41) is 9.70. The predicted octanol–water partition coefficient (Wildman–Crippen LogP) is 9.20. The molecule has 0 saturated carbocycles. The third kappa shape index (κ3) is 6.99. The molecular weight excluding hydrogens is 729 g/mol. The van der Waals surface area contributed by atoms with Crippen LogP contribution in [0.2, 0.25) is 0 Å². The van der Waals surface area contributed by atoms with Crippen molar-refractivity contribution in [3.63, 3.8) is 0 Å². The van der Waals surface area contributed by atoms with Gasteiger partial charge in [0, 0.05) is 54.8 Å². The van der Waals surface area contributed by atoms with E-state index in [2.05, 4.69) is 123 Å². The van der Waals surface area contributed by atoms with Gasteiger partial charge in [-0.1, -0.05) is 66.2 Å². The van der Waals surface area contributed by atoms with Gasteiger partial charge in [-0.15, -0.1) is 0 Å². The zero-order valence-electron chi connectivity index (χ0n) is 33.0. The van der Waals surface area contributed by atoms with Crippen LogP contribution in [0.1, 0.15) is 56.6 Å². The molecule has 2 amide bonds. The molecule has 0 radical (unpaired) electrons. The fourth-order valence-electron chi connectivity index (χ4n) is 7.84. The Morgan fingerprint density at radius 1 is 0.684 bits per heavy atom. The highest BCUT2D eigenvalue weighted by Gasteiger charge is 2.22. The number of aryl methyl sites for hydroxylation is 6. The van der Waals surface area contributed by atoms with E-state index in [1.54, 1.807) is 31.6 Å². The van der Waals surface area contributed by atoms with Gasteiger partial charge in [-0.25, -0.2) is 19.9 Å². The number of carbonyl (C=O) groups is 2. The van der Waals surface area contributed by atoms with E-state index < -0.39 is 0 Å². The molecule has 0 spiro atoms. The zero-order chi connectivity index (χ0) is 39.8. The van der Waals surface area contributed by atoms with Gasteiger partial charge in [-0.3, -0.25) is 9.59 Å². The number of imidazole rings is 2. The maximum atomic E-state index is 12.5. The normalized spacial score (nSPS) is 11.4. The lowest BCUT2D eigenvalue weighted by Crippen LogP contribution is -2.20. The van der Waals surface area contributed by atoms with Crippen molar-refractivity contribution in [2.75, 3.05) is 14.1 Å².